The van der Waals surface area contributed by atoms with E-state index >= 15 is 0 Å². The predicted octanol–water partition coefficient (Wildman–Crippen LogP) is 5.86. The van der Waals surface area contributed by atoms with Gasteiger partial charge < -0.3 is 10.1 Å². The molecule has 0 spiro atoms. The number of fused-ring (bicyclic) bond motifs is 1. The molecule has 28 heavy (non-hydrogen) atoms. The van der Waals surface area contributed by atoms with Gasteiger partial charge in [-0.25, -0.2) is 0 Å². The molecule has 144 valence electrons. The van der Waals surface area contributed by atoms with Gasteiger partial charge in [-0.05, 0) is 62.5 Å². The summed E-state index contributed by atoms with van der Waals surface area (Å²) in [5, 5.41) is 8.04. The second-order valence-corrected chi connectivity index (χ2v) is 7.84. The zero-order valence-electron chi connectivity index (χ0n) is 15.9. The monoisotopic (exact) mass is 456 g/mol. The topological polar surface area (TPSA) is 50.4 Å². The quantitative estimate of drug-likeness (QED) is 0.482. The van der Waals surface area contributed by atoms with Crippen LogP contribution in [0.3, 0.4) is 0 Å². The summed E-state index contributed by atoms with van der Waals surface area (Å²) in [5.74, 6) is 0.475. The van der Waals surface area contributed by atoms with Gasteiger partial charge in [-0.1, -0.05) is 56.3 Å². The van der Waals surface area contributed by atoms with Gasteiger partial charge in [-0.15, -0.1) is 0 Å². The maximum atomic E-state index is 12.9. The fraction of sp³-hybridized carbons (Fsp3) is 0.182. The molecule has 0 aliphatic rings. The van der Waals surface area contributed by atoms with Gasteiger partial charge in [0.05, 0.1) is 17.1 Å². The van der Waals surface area contributed by atoms with E-state index in [9.17, 15) is 4.79 Å². The molecule has 0 aliphatic carbocycles. The molecule has 0 fully saturated rings. The SMILES string of the molecule is COc1c(C(=O)NC(=S)Nc2ccccc2C(C)C)cc2ccccc2c1Br. The third kappa shape index (κ3) is 4.18. The highest BCUT2D eigenvalue weighted by Gasteiger charge is 2.19. The number of anilines is 1. The Morgan fingerprint density at radius 2 is 1.79 bits per heavy atom. The van der Waals surface area contributed by atoms with Gasteiger partial charge >= 0.3 is 0 Å². The highest BCUT2D eigenvalue weighted by atomic mass is 79.9. The van der Waals surface area contributed by atoms with Crippen molar-refractivity contribution in [1.29, 1.82) is 0 Å². The molecule has 0 saturated heterocycles. The number of amides is 1. The molecule has 3 aromatic carbocycles. The first kappa shape index (κ1) is 20.3. The Morgan fingerprint density at radius 1 is 1.11 bits per heavy atom. The van der Waals surface area contributed by atoms with E-state index in [1.807, 2.05) is 48.5 Å². The lowest BCUT2D eigenvalue weighted by molar-refractivity contribution is 0.0975. The van der Waals surface area contributed by atoms with E-state index in [0.29, 0.717) is 17.2 Å². The lowest BCUT2D eigenvalue weighted by Gasteiger charge is -2.17. The number of thiocarbonyl (C=S) groups is 1. The first-order valence-electron chi connectivity index (χ1n) is 8.89. The third-order valence-corrected chi connectivity index (χ3v) is 5.44. The van der Waals surface area contributed by atoms with Crippen molar-refractivity contribution >= 4 is 55.6 Å². The maximum absolute atomic E-state index is 12.9. The number of benzene rings is 3. The molecule has 0 heterocycles. The Labute approximate surface area is 178 Å². The Bertz CT molecular complexity index is 1050. The first-order chi connectivity index (χ1) is 13.4. The van der Waals surface area contributed by atoms with Crippen LogP contribution >= 0.6 is 28.1 Å². The first-order valence-corrected chi connectivity index (χ1v) is 10.1. The normalized spacial score (nSPS) is 10.8. The second-order valence-electron chi connectivity index (χ2n) is 6.64. The van der Waals surface area contributed by atoms with E-state index in [0.717, 1.165) is 26.5 Å². The van der Waals surface area contributed by atoms with Crippen molar-refractivity contribution in [1.82, 2.24) is 5.32 Å². The summed E-state index contributed by atoms with van der Waals surface area (Å²) in [4.78, 5) is 12.9. The lowest BCUT2D eigenvalue weighted by atomic mass is 10.0. The average molecular weight is 457 g/mol. The molecule has 2 N–H and O–H groups in total. The molecular formula is C22H21BrN2O2S. The molecule has 1 amide bonds. The second kappa shape index (κ2) is 8.71. The number of carbonyl (C=O) groups excluding carboxylic acids is 1. The van der Waals surface area contributed by atoms with Crippen LogP contribution in [0, 0.1) is 0 Å². The molecule has 3 rings (SSSR count). The van der Waals surface area contributed by atoms with Crippen LogP contribution < -0.4 is 15.4 Å². The minimum Gasteiger partial charge on any atom is -0.495 e. The van der Waals surface area contributed by atoms with Gasteiger partial charge in [0.25, 0.3) is 5.91 Å². The molecule has 0 atom stereocenters. The van der Waals surface area contributed by atoms with Gasteiger partial charge in [0.15, 0.2) is 5.11 Å². The number of halogens is 1. The zero-order chi connectivity index (χ0) is 20.3. The fourth-order valence-electron chi connectivity index (χ4n) is 3.09. The van der Waals surface area contributed by atoms with Gasteiger partial charge in [0.2, 0.25) is 0 Å². The summed E-state index contributed by atoms with van der Waals surface area (Å²) in [7, 11) is 1.54. The summed E-state index contributed by atoms with van der Waals surface area (Å²) in [6.07, 6.45) is 0. The van der Waals surface area contributed by atoms with Crippen LogP contribution in [0.4, 0.5) is 5.69 Å². The smallest absolute Gasteiger partial charge is 0.261 e. The van der Waals surface area contributed by atoms with Crippen LogP contribution in [0.25, 0.3) is 10.8 Å². The van der Waals surface area contributed by atoms with Crippen molar-refractivity contribution in [2.75, 3.05) is 12.4 Å². The molecule has 4 nitrogen and oxygen atoms in total. The van der Waals surface area contributed by atoms with Crippen LogP contribution in [-0.4, -0.2) is 18.1 Å². The number of ether oxygens (including phenoxy) is 1. The van der Waals surface area contributed by atoms with Crippen molar-refractivity contribution < 1.29 is 9.53 Å². The standard InChI is InChI=1S/C22H21BrN2O2S/c1-13(2)15-9-6-7-11-18(15)24-22(28)25-21(26)17-12-14-8-4-5-10-16(14)19(23)20(17)27-3/h4-13H,1-3H3,(H2,24,25,26,28). The molecule has 0 saturated carbocycles. The van der Waals surface area contributed by atoms with Crippen LogP contribution in [0.1, 0.15) is 35.7 Å². The highest BCUT2D eigenvalue weighted by Crippen LogP contribution is 2.36. The molecule has 0 bridgehead atoms. The third-order valence-electron chi connectivity index (χ3n) is 4.45. The number of nitrogens with one attached hydrogen (secondary N) is 2. The predicted molar refractivity (Wildman–Crippen MR) is 122 cm³/mol. The Morgan fingerprint density at radius 3 is 2.50 bits per heavy atom. The Kier molecular flexibility index (Phi) is 6.31. The average Bonchev–Trinajstić information content (AvgIpc) is 2.68. The summed E-state index contributed by atoms with van der Waals surface area (Å²) >= 11 is 8.92. The van der Waals surface area contributed by atoms with Gasteiger partial charge in [-0.2, -0.15) is 0 Å². The summed E-state index contributed by atoms with van der Waals surface area (Å²) < 4.78 is 6.22. The molecular weight excluding hydrogens is 436 g/mol. The number of hydrogen-bond donors (Lipinski definition) is 2. The van der Waals surface area contributed by atoms with Crippen LogP contribution in [-0.2, 0) is 0 Å². The number of rotatable bonds is 4. The summed E-state index contributed by atoms with van der Waals surface area (Å²) in [6, 6.07) is 17.5. The number of para-hydroxylation sites is 1. The van der Waals surface area contributed by atoms with E-state index in [4.69, 9.17) is 17.0 Å². The molecule has 0 radical (unpaired) electrons. The van der Waals surface area contributed by atoms with Crippen LogP contribution in [0.5, 0.6) is 5.75 Å². The maximum Gasteiger partial charge on any atom is 0.261 e. The van der Waals surface area contributed by atoms with Crippen molar-refractivity contribution in [3.05, 3.63) is 70.2 Å². The zero-order valence-corrected chi connectivity index (χ0v) is 18.3. The van der Waals surface area contributed by atoms with E-state index in [-0.39, 0.29) is 11.0 Å². The number of carbonyl (C=O) groups is 1. The number of hydrogen-bond acceptors (Lipinski definition) is 3. The van der Waals surface area contributed by atoms with Crippen molar-refractivity contribution in [2.45, 2.75) is 19.8 Å². The van der Waals surface area contributed by atoms with E-state index in [1.165, 1.54) is 0 Å². The van der Waals surface area contributed by atoms with E-state index in [1.54, 1.807) is 13.2 Å². The minimum atomic E-state index is -0.331. The lowest BCUT2D eigenvalue weighted by Crippen LogP contribution is -2.34. The van der Waals surface area contributed by atoms with Crippen molar-refractivity contribution in [3.8, 4) is 5.75 Å². The molecule has 0 aromatic heterocycles. The van der Waals surface area contributed by atoms with Crippen molar-refractivity contribution in [3.63, 3.8) is 0 Å². The van der Waals surface area contributed by atoms with Gasteiger partial charge in [0.1, 0.15) is 5.75 Å². The van der Waals surface area contributed by atoms with Crippen LogP contribution in [0.2, 0.25) is 0 Å². The molecule has 0 aliphatic heterocycles. The molecule has 6 heteroatoms. The Hall–Kier alpha value is -2.44. The molecule has 3 aromatic rings. The Balaban J connectivity index is 1.86. The minimum absolute atomic E-state index is 0.240. The van der Waals surface area contributed by atoms with E-state index < -0.39 is 0 Å². The van der Waals surface area contributed by atoms with Crippen LogP contribution in [0.15, 0.2) is 59.1 Å². The van der Waals surface area contributed by atoms with Gasteiger partial charge in [-0.3, -0.25) is 10.1 Å². The fourth-order valence-corrected chi connectivity index (χ4v) is 4.03. The number of methoxy groups -OCH3 is 1. The van der Waals surface area contributed by atoms with Crippen molar-refractivity contribution in [2.24, 2.45) is 0 Å². The largest absolute Gasteiger partial charge is 0.495 e. The van der Waals surface area contributed by atoms with Gasteiger partial charge in [0, 0.05) is 5.69 Å². The molecule has 0 unspecified atom stereocenters. The summed E-state index contributed by atoms with van der Waals surface area (Å²) in [5.41, 5.74) is 2.42. The summed E-state index contributed by atoms with van der Waals surface area (Å²) in [6.45, 7) is 4.22. The van der Waals surface area contributed by atoms with E-state index in [2.05, 4.69) is 40.4 Å². The highest BCUT2D eigenvalue weighted by molar-refractivity contribution is 9.10.